The van der Waals surface area contributed by atoms with E-state index >= 15 is 0 Å². The first-order valence-electron chi connectivity index (χ1n) is 9.21. The van der Waals surface area contributed by atoms with E-state index in [1.165, 1.54) is 6.07 Å². The third kappa shape index (κ3) is 3.33. The Morgan fingerprint density at radius 2 is 2.15 bits per heavy atom. The highest BCUT2D eigenvalue weighted by Crippen LogP contribution is 2.34. The number of hydrogen-bond donors (Lipinski definition) is 1. The van der Waals surface area contributed by atoms with Gasteiger partial charge in [0.2, 0.25) is 0 Å². The van der Waals surface area contributed by atoms with Crippen molar-refractivity contribution in [3.05, 3.63) is 46.8 Å². The molecule has 2 aliphatic rings. The van der Waals surface area contributed by atoms with Gasteiger partial charge in [0.05, 0.1) is 24.6 Å². The number of halogens is 2. The standard InChI is InChI=1S/C19H24F2N4O2/c1-3-26-19-23-16-8-25(9-17(16)24(19)2)12-7-15(22)18(27-10-12)13-6-11(20)4-5-14(13)21/h4-6,12,15,18H,3,7-10,22H2,1-2H3/t12-,15+,18-/m1/s1. The van der Waals surface area contributed by atoms with Gasteiger partial charge in [-0.05, 0) is 31.5 Å². The van der Waals surface area contributed by atoms with Crippen LogP contribution in [0.1, 0.15) is 36.4 Å². The van der Waals surface area contributed by atoms with E-state index in [0.717, 1.165) is 30.1 Å². The van der Waals surface area contributed by atoms with Crippen molar-refractivity contribution in [2.24, 2.45) is 12.8 Å². The second-order valence-electron chi connectivity index (χ2n) is 7.16. The fraction of sp³-hybridized carbons (Fsp3) is 0.526. The molecule has 2 N–H and O–H groups in total. The van der Waals surface area contributed by atoms with Crippen molar-refractivity contribution in [2.45, 2.75) is 44.6 Å². The summed E-state index contributed by atoms with van der Waals surface area (Å²) in [5, 5.41) is 0. The normalized spacial score (nSPS) is 25.6. The minimum atomic E-state index is -0.635. The van der Waals surface area contributed by atoms with E-state index in [4.69, 9.17) is 15.2 Å². The van der Waals surface area contributed by atoms with Gasteiger partial charge in [0, 0.05) is 37.8 Å². The predicted molar refractivity (Wildman–Crippen MR) is 95.1 cm³/mol. The molecule has 146 valence electrons. The van der Waals surface area contributed by atoms with Gasteiger partial charge in [0.25, 0.3) is 6.01 Å². The third-order valence-corrected chi connectivity index (χ3v) is 5.42. The summed E-state index contributed by atoms with van der Waals surface area (Å²) >= 11 is 0. The van der Waals surface area contributed by atoms with Crippen molar-refractivity contribution in [3.63, 3.8) is 0 Å². The van der Waals surface area contributed by atoms with Crippen molar-refractivity contribution >= 4 is 0 Å². The van der Waals surface area contributed by atoms with Crippen LogP contribution in [0.2, 0.25) is 0 Å². The maximum absolute atomic E-state index is 14.1. The molecular weight excluding hydrogens is 354 g/mol. The Morgan fingerprint density at radius 1 is 1.33 bits per heavy atom. The molecule has 0 spiro atoms. The van der Waals surface area contributed by atoms with Crippen molar-refractivity contribution in [1.82, 2.24) is 14.5 Å². The van der Waals surface area contributed by atoms with Gasteiger partial charge in [-0.25, -0.2) is 8.78 Å². The minimum Gasteiger partial charge on any atom is -0.465 e. The van der Waals surface area contributed by atoms with Crippen LogP contribution in [-0.2, 0) is 24.9 Å². The lowest BCUT2D eigenvalue weighted by molar-refractivity contribution is -0.0535. The van der Waals surface area contributed by atoms with Crippen LogP contribution in [0.15, 0.2) is 18.2 Å². The number of nitrogens with zero attached hydrogens (tertiary/aromatic N) is 3. The summed E-state index contributed by atoms with van der Waals surface area (Å²) in [5.41, 5.74) is 8.61. The monoisotopic (exact) mass is 378 g/mol. The second kappa shape index (κ2) is 7.18. The number of benzene rings is 1. The molecule has 2 aromatic rings. The molecule has 8 heteroatoms. The van der Waals surface area contributed by atoms with Crippen LogP contribution in [0, 0.1) is 11.6 Å². The van der Waals surface area contributed by atoms with E-state index < -0.39 is 23.8 Å². The van der Waals surface area contributed by atoms with Crippen LogP contribution in [0.3, 0.4) is 0 Å². The van der Waals surface area contributed by atoms with Crippen LogP contribution in [0.4, 0.5) is 8.78 Å². The Bertz CT molecular complexity index is 841. The molecule has 0 radical (unpaired) electrons. The zero-order valence-corrected chi connectivity index (χ0v) is 15.5. The molecule has 6 nitrogen and oxygen atoms in total. The fourth-order valence-electron chi connectivity index (χ4n) is 4.00. The van der Waals surface area contributed by atoms with Gasteiger partial charge in [-0.3, -0.25) is 9.47 Å². The van der Waals surface area contributed by atoms with Crippen molar-refractivity contribution < 1.29 is 18.3 Å². The number of aromatic nitrogens is 2. The van der Waals surface area contributed by atoms with Crippen molar-refractivity contribution in [1.29, 1.82) is 0 Å². The fourth-order valence-corrected chi connectivity index (χ4v) is 4.00. The molecular formula is C19H24F2N4O2. The maximum atomic E-state index is 14.1. The van der Waals surface area contributed by atoms with Crippen LogP contribution in [0.25, 0.3) is 0 Å². The van der Waals surface area contributed by atoms with Crippen LogP contribution < -0.4 is 10.5 Å². The Hall–Kier alpha value is -2.03. The van der Waals surface area contributed by atoms with Gasteiger partial charge in [-0.15, -0.1) is 0 Å². The van der Waals surface area contributed by atoms with E-state index in [0.29, 0.717) is 32.2 Å². The molecule has 1 saturated heterocycles. The van der Waals surface area contributed by atoms with E-state index in [-0.39, 0.29) is 11.6 Å². The van der Waals surface area contributed by atoms with Gasteiger partial charge >= 0.3 is 0 Å². The molecule has 27 heavy (non-hydrogen) atoms. The van der Waals surface area contributed by atoms with E-state index in [1.807, 2.05) is 18.5 Å². The zero-order valence-electron chi connectivity index (χ0n) is 15.5. The van der Waals surface area contributed by atoms with Crippen LogP contribution >= 0.6 is 0 Å². The Balaban J connectivity index is 1.44. The first kappa shape index (κ1) is 18.3. The van der Waals surface area contributed by atoms with Gasteiger partial charge in [0.1, 0.15) is 17.7 Å². The summed E-state index contributed by atoms with van der Waals surface area (Å²) in [5.74, 6) is -0.980. The average Bonchev–Trinajstić information content (AvgIpc) is 3.18. The molecule has 1 aromatic heterocycles. The number of fused-ring (bicyclic) bond motifs is 1. The second-order valence-corrected chi connectivity index (χ2v) is 7.16. The highest BCUT2D eigenvalue weighted by atomic mass is 19.1. The molecule has 3 atom stereocenters. The molecule has 0 amide bonds. The van der Waals surface area contributed by atoms with Gasteiger partial charge < -0.3 is 15.2 Å². The largest absolute Gasteiger partial charge is 0.465 e. The summed E-state index contributed by atoms with van der Waals surface area (Å²) in [6.07, 6.45) is 0.0111. The molecule has 0 saturated carbocycles. The van der Waals surface area contributed by atoms with Gasteiger partial charge in [-0.2, -0.15) is 4.98 Å². The highest BCUT2D eigenvalue weighted by molar-refractivity contribution is 5.25. The molecule has 0 aliphatic carbocycles. The Labute approximate surface area is 156 Å². The third-order valence-electron chi connectivity index (χ3n) is 5.42. The highest BCUT2D eigenvalue weighted by Gasteiger charge is 2.37. The lowest BCUT2D eigenvalue weighted by Crippen LogP contribution is -2.47. The number of ether oxygens (including phenoxy) is 2. The molecule has 1 fully saturated rings. The molecule has 2 aliphatic heterocycles. The Morgan fingerprint density at radius 3 is 2.85 bits per heavy atom. The average molecular weight is 378 g/mol. The zero-order chi connectivity index (χ0) is 19.1. The smallest absolute Gasteiger partial charge is 0.296 e. The summed E-state index contributed by atoms with van der Waals surface area (Å²) in [6, 6.07) is 3.73. The number of hydrogen-bond acceptors (Lipinski definition) is 5. The minimum absolute atomic E-state index is 0.109. The quantitative estimate of drug-likeness (QED) is 0.884. The summed E-state index contributed by atoms with van der Waals surface area (Å²) < 4.78 is 41.0. The first-order chi connectivity index (χ1) is 13.0. The van der Waals surface area contributed by atoms with Gasteiger partial charge in [-0.1, -0.05) is 0 Å². The topological polar surface area (TPSA) is 65.5 Å². The van der Waals surface area contributed by atoms with E-state index in [9.17, 15) is 8.78 Å². The van der Waals surface area contributed by atoms with Gasteiger partial charge in [0.15, 0.2) is 0 Å². The molecule has 0 unspecified atom stereocenters. The summed E-state index contributed by atoms with van der Waals surface area (Å²) in [6.45, 7) is 4.38. The number of imidazole rings is 1. The first-order valence-corrected chi connectivity index (χ1v) is 9.21. The van der Waals surface area contributed by atoms with E-state index in [1.54, 1.807) is 0 Å². The van der Waals surface area contributed by atoms with Crippen LogP contribution in [-0.4, -0.2) is 39.7 Å². The number of rotatable bonds is 4. The molecule has 0 bridgehead atoms. The maximum Gasteiger partial charge on any atom is 0.296 e. The van der Waals surface area contributed by atoms with Crippen molar-refractivity contribution in [3.8, 4) is 6.01 Å². The van der Waals surface area contributed by atoms with Crippen molar-refractivity contribution in [2.75, 3.05) is 13.2 Å². The molecule has 3 heterocycles. The summed E-state index contributed by atoms with van der Waals surface area (Å²) in [4.78, 5) is 6.83. The molecule has 1 aromatic carbocycles. The van der Waals surface area contributed by atoms with Crippen LogP contribution in [0.5, 0.6) is 6.01 Å². The lowest BCUT2D eigenvalue weighted by atomic mass is 9.93. The SMILES string of the molecule is CCOc1nc2c(n1C)CN([C@H]1CO[C@H](c3cc(F)ccc3F)[C@@H](N)C1)C2. The lowest BCUT2D eigenvalue weighted by Gasteiger charge is -2.38. The summed E-state index contributed by atoms with van der Waals surface area (Å²) in [7, 11) is 1.95. The van der Waals surface area contributed by atoms with E-state index in [2.05, 4.69) is 9.88 Å². The Kier molecular flexibility index (Phi) is 4.88. The number of nitrogens with two attached hydrogens (primary N) is 1. The predicted octanol–water partition coefficient (Wildman–Crippen LogP) is 2.27. The molecule has 4 rings (SSSR count).